The topological polar surface area (TPSA) is 41.1 Å². The number of anilines is 2. The number of hydrogen-bond donors (Lipinski definition) is 1. The van der Waals surface area contributed by atoms with Crippen LogP contribution in [0.5, 0.6) is 0 Å². The van der Waals surface area contributed by atoms with Gasteiger partial charge in [-0.15, -0.1) is 0 Å². The van der Waals surface area contributed by atoms with Crippen molar-refractivity contribution in [3.05, 3.63) is 11.8 Å². The third-order valence-corrected chi connectivity index (χ3v) is 4.49. The lowest BCUT2D eigenvalue weighted by atomic mass is 10.1. The number of rotatable bonds is 4. The molecule has 1 aliphatic rings. The Balaban J connectivity index is 2.10. The summed E-state index contributed by atoms with van der Waals surface area (Å²) < 4.78 is 0. The predicted octanol–water partition coefficient (Wildman–Crippen LogP) is 2.55. The molecule has 0 bridgehead atoms. The fourth-order valence-corrected chi connectivity index (χ4v) is 2.98. The Bertz CT molecular complexity index is 389. The van der Waals surface area contributed by atoms with Crippen molar-refractivity contribution in [1.29, 1.82) is 0 Å². The van der Waals surface area contributed by atoms with Gasteiger partial charge < -0.3 is 10.2 Å². The minimum absolute atomic E-state index is 0.741. The van der Waals surface area contributed by atoms with E-state index in [0.717, 1.165) is 36.7 Å². The van der Waals surface area contributed by atoms with Crippen molar-refractivity contribution < 1.29 is 0 Å². The van der Waals surface area contributed by atoms with Crippen LogP contribution in [0.2, 0.25) is 0 Å². The summed E-state index contributed by atoms with van der Waals surface area (Å²) in [5, 5.41) is 4.00. The second kappa shape index (κ2) is 6.27. The van der Waals surface area contributed by atoms with E-state index in [0.29, 0.717) is 0 Å². The van der Waals surface area contributed by atoms with E-state index in [1.807, 2.05) is 18.0 Å². The van der Waals surface area contributed by atoms with Crippen LogP contribution in [0.3, 0.4) is 0 Å². The maximum atomic E-state index is 4.63. The third-order valence-electron chi connectivity index (χ3n) is 3.35. The van der Waals surface area contributed by atoms with Gasteiger partial charge >= 0.3 is 0 Å². The van der Waals surface area contributed by atoms with Crippen LogP contribution in [0, 0.1) is 6.92 Å². The first kappa shape index (κ1) is 13.5. The van der Waals surface area contributed by atoms with E-state index < -0.39 is 0 Å². The van der Waals surface area contributed by atoms with Gasteiger partial charge in [0.15, 0.2) is 0 Å². The van der Waals surface area contributed by atoms with E-state index in [-0.39, 0.29) is 0 Å². The predicted molar refractivity (Wildman–Crippen MR) is 79.7 cm³/mol. The quantitative estimate of drug-likeness (QED) is 0.907. The molecule has 1 saturated heterocycles. The summed E-state index contributed by atoms with van der Waals surface area (Å²) in [6.07, 6.45) is 6.63. The average Bonchev–Trinajstić information content (AvgIpc) is 2.41. The zero-order valence-electron chi connectivity index (χ0n) is 11.4. The molecule has 100 valence electrons. The Kier molecular flexibility index (Phi) is 4.69. The van der Waals surface area contributed by atoms with Crippen molar-refractivity contribution in [3.8, 4) is 0 Å². The fourth-order valence-electron chi connectivity index (χ4n) is 2.30. The van der Waals surface area contributed by atoms with Gasteiger partial charge in [0.25, 0.3) is 0 Å². The van der Waals surface area contributed by atoms with Gasteiger partial charge in [0.1, 0.15) is 5.82 Å². The van der Waals surface area contributed by atoms with Crippen LogP contribution in [0.1, 0.15) is 25.3 Å². The second-order valence-electron chi connectivity index (χ2n) is 4.65. The molecule has 0 aliphatic carbocycles. The van der Waals surface area contributed by atoms with Gasteiger partial charge in [-0.3, -0.25) is 0 Å². The molecular formula is C13H22N4S. The number of aromatic nitrogens is 2. The van der Waals surface area contributed by atoms with Crippen molar-refractivity contribution in [2.24, 2.45) is 0 Å². The van der Waals surface area contributed by atoms with Crippen LogP contribution in [-0.4, -0.2) is 41.1 Å². The van der Waals surface area contributed by atoms with Crippen LogP contribution in [-0.2, 0) is 0 Å². The molecule has 0 atom stereocenters. The number of aryl methyl sites for hydroxylation is 1. The normalized spacial score (nSPS) is 16.9. The molecule has 2 heterocycles. The van der Waals surface area contributed by atoms with Gasteiger partial charge in [-0.1, -0.05) is 0 Å². The standard InChI is InChI=1S/C13H22N4S/c1-4-14-13-15-9-10(2)12(16-13)17-7-5-11(18-3)6-8-17/h9,11H,4-8H2,1-3H3,(H,14,15,16). The molecule has 1 aromatic heterocycles. The van der Waals surface area contributed by atoms with E-state index in [9.17, 15) is 0 Å². The minimum atomic E-state index is 0.741. The molecule has 1 aromatic rings. The van der Waals surface area contributed by atoms with E-state index in [1.54, 1.807) is 0 Å². The van der Waals surface area contributed by atoms with Crippen molar-refractivity contribution in [1.82, 2.24) is 9.97 Å². The zero-order chi connectivity index (χ0) is 13.0. The number of hydrogen-bond acceptors (Lipinski definition) is 5. The smallest absolute Gasteiger partial charge is 0.224 e. The lowest BCUT2D eigenvalue weighted by molar-refractivity contribution is 0.585. The number of thioether (sulfide) groups is 1. The van der Waals surface area contributed by atoms with Crippen molar-refractivity contribution in [2.45, 2.75) is 31.9 Å². The highest BCUT2D eigenvalue weighted by molar-refractivity contribution is 7.99. The highest BCUT2D eigenvalue weighted by atomic mass is 32.2. The molecule has 4 nitrogen and oxygen atoms in total. The highest BCUT2D eigenvalue weighted by Gasteiger charge is 2.20. The second-order valence-corrected chi connectivity index (χ2v) is 5.79. The van der Waals surface area contributed by atoms with Crippen molar-refractivity contribution in [2.75, 3.05) is 36.1 Å². The molecule has 0 unspecified atom stereocenters. The molecule has 0 spiro atoms. The zero-order valence-corrected chi connectivity index (χ0v) is 12.3. The van der Waals surface area contributed by atoms with Crippen molar-refractivity contribution in [3.63, 3.8) is 0 Å². The monoisotopic (exact) mass is 266 g/mol. The summed E-state index contributed by atoms with van der Waals surface area (Å²) in [7, 11) is 0. The first-order chi connectivity index (χ1) is 8.74. The molecule has 1 fully saturated rings. The van der Waals surface area contributed by atoms with Crippen LogP contribution in [0.15, 0.2) is 6.20 Å². The Labute approximate surface area is 114 Å². The summed E-state index contributed by atoms with van der Waals surface area (Å²) >= 11 is 1.99. The lowest BCUT2D eigenvalue weighted by Gasteiger charge is -2.32. The van der Waals surface area contributed by atoms with Gasteiger partial charge in [0.05, 0.1) is 0 Å². The van der Waals surface area contributed by atoms with Gasteiger partial charge in [0.2, 0.25) is 5.95 Å². The molecule has 0 aromatic carbocycles. The van der Waals surface area contributed by atoms with E-state index in [2.05, 4.69) is 40.3 Å². The number of nitrogens with one attached hydrogen (secondary N) is 1. The van der Waals surface area contributed by atoms with Gasteiger partial charge in [-0.05, 0) is 32.9 Å². The fraction of sp³-hybridized carbons (Fsp3) is 0.692. The summed E-state index contributed by atoms with van der Waals surface area (Å²) in [5.41, 5.74) is 1.17. The first-order valence-corrected chi connectivity index (χ1v) is 7.88. The first-order valence-electron chi connectivity index (χ1n) is 6.59. The van der Waals surface area contributed by atoms with Gasteiger partial charge in [-0.2, -0.15) is 16.7 Å². The number of piperidine rings is 1. The highest BCUT2D eigenvalue weighted by Crippen LogP contribution is 2.26. The molecule has 0 radical (unpaired) electrons. The van der Waals surface area contributed by atoms with Crippen LogP contribution in [0.4, 0.5) is 11.8 Å². The van der Waals surface area contributed by atoms with Gasteiger partial charge in [-0.25, -0.2) is 4.98 Å². The number of nitrogens with zero attached hydrogens (tertiary/aromatic N) is 3. The van der Waals surface area contributed by atoms with E-state index >= 15 is 0 Å². The Morgan fingerprint density at radius 1 is 1.44 bits per heavy atom. The average molecular weight is 266 g/mol. The molecule has 1 aliphatic heterocycles. The Morgan fingerprint density at radius 3 is 2.78 bits per heavy atom. The van der Waals surface area contributed by atoms with E-state index in [1.165, 1.54) is 18.4 Å². The maximum absolute atomic E-state index is 4.63. The summed E-state index contributed by atoms with van der Waals surface area (Å²) in [4.78, 5) is 11.3. The summed E-state index contributed by atoms with van der Waals surface area (Å²) in [6.45, 7) is 7.22. The third kappa shape index (κ3) is 3.07. The summed E-state index contributed by atoms with van der Waals surface area (Å²) in [6, 6.07) is 0. The van der Waals surface area contributed by atoms with Crippen molar-refractivity contribution >= 4 is 23.5 Å². The minimum Gasteiger partial charge on any atom is -0.356 e. The molecule has 0 saturated carbocycles. The molecule has 1 N–H and O–H groups in total. The van der Waals surface area contributed by atoms with Gasteiger partial charge in [0, 0.05) is 36.6 Å². The molecule has 5 heteroatoms. The van der Waals surface area contributed by atoms with Crippen LogP contribution < -0.4 is 10.2 Å². The lowest BCUT2D eigenvalue weighted by Crippen LogP contribution is -2.35. The summed E-state index contributed by atoms with van der Waals surface area (Å²) in [5.74, 6) is 1.84. The molecule has 0 amide bonds. The van der Waals surface area contributed by atoms with Crippen LogP contribution in [0.25, 0.3) is 0 Å². The molecule has 2 rings (SSSR count). The van der Waals surface area contributed by atoms with Crippen LogP contribution >= 0.6 is 11.8 Å². The molecular weight excluding hydrogens is 244 g/mol. The molecule has 18 heavy (non-hydrogen) atoms. The Morgan fingerprint density at radius 2 is 2.17 bits per heavy atom. The Hall–Kier alpha value is -0.970. The van der Waals surface area contributed by atoms with E-state index in [4.69, 9.17) is 0 Å². The maximum Gasteiger partial charge on any atom is 0.224 e. The SMILES string of the molecule is CCNc1ncc(C)c(N2CCC(SC)CC2)n1. The largest absolute Gasteiger partial charge is 0.356 e.